The first-order valence-electron chi connectivity index (χ1n) is 13.9. The number of hydrogen-bond acceptors (Lipinski definition) is 2. The number of allylic oxidation sites excluding steroid dienone is 2. The third kappa shape index (κ3) is 24.9. The SMILES string of the molecule is CCCCCCCC/C=C\CCCCCCCC(=O)NCC(=O)NCCCCCCCC. The van der Waals surface area contributed by atoms with Crippen LogP contribution in [0.1, 0.15) is 142 Å². The fourth-order valence-electron chi connectivity index (χ4n) is 3.82. The van der Waals surface area contributed by atoms with Crippen LogP contribution in [0.15, 0.2) is 12.2 Å². The highest BCUT2D eigenvalue weighted by Crippen LogP contribution is 2.10. The second kappa shape index (κ2) is 25.9. The van der Waals surface area contributed by atoms with Gasteiger partial charge in [-0.3, -0.25) is 9.59 Å². The molecule has 0 aliphatic heterocycles. The molecule has 0 saturated carbocycles. The molecular weight excluding hydrogens is 396 g/mol. The molecular formula is C28H54N2O2. The number of carbonyl (C=O) groups excluding carboxylic acids is 2. The summed E-state index contributed by atoms with van der Waals surface area (Å²) in [5, 5.41) is 5.63. The van der Waals surface area contributed by atoms with Crippen LogP contribution in [0.3, 0.4) is 0 Å². The van der Waals surface area contributed by atoms with E-state index in [-0.39, 0.29) is 18.4 Å². The molecule has 0 spiro atoms. The van der Waals surface area contributed by atoms with E-state index in [0.717, 1.165) is 25.8 Å². The Morgan fingerprint density at radius 1 is 0.531 bits per heavy atom. The van der Waals surface area contributed by atoms with Gasteiger partial charge in [-0.1, -0.05) is 109 Å². The fourth-order valence-corrected chi connectivity index (χ4v) is 3.82. The zero-order valence-corrected chi connectivity index (χ0v) is 21.5. The molecule has 0 atom stereocenters. The molecule has 0 aliphatic rings. The normalized spacial score (nSPS) is 11.2. The molecule has 0 aliphatic carbocycles. The van der Waals surface area contributed by atoms with E-state index in [9.17, 15) is 9.59 Å². The van der Waals surface area contributed by atoms with Crippen LogP contribution in [0.2, 0.25) is 0 Å². The smallest absolute Gasteiger partial charge is 0.239 e. The maximum atomic E-state index is 11.9. The largest absolute Gasteiger partial charge is 0.355 e. The molecule has 188 valence electrons. The summed E-state index contributed by atoms with van der Waals surface area (Å²) in [4.78, 5) is 23.6. The van der Waals surface area contributed by atoms with Crippen LogP contribution >= 0.6 is 0 Å². The van der Waals surface area contributed by atoms with Crippen LogP contribution in [-0.2, 0) is 9.59 Å². The van der Waals surface area contributed by atoms with Crippen molar-refractivity contribution >= 4 is 11.8 Å². The van der Waals surface area contributed by atoms with Gasteiger partial charge in [0.05, 0.1) is 6.54 Å². The Kier molecular flexibility index (Phi) is 24.9. The molecule has 0 aromatic heterocycles. The summed E-state index contributed by atoms with van der Waals surface area (Å²) in [5.41, 5.74) is 0. The molecule has 0 radical (unpaired) electrons. The average Bonchev–Trinajstić information content (AvgIpc) is 2.79. The van der Waals surface area contributed by atoms with Gasteiger partial charge in [0.15, 0.2) is 0 Å². The van der Waals surface area contributed by atoms with Crippen LogP contribution in [-0.4, -0.2) is 24.9 Å². The number of nitrogens with one attached hydrogen (secondary N) is 2. The average molecular weight is 451 g/mol. The summed E-state index contributed by atoms with van der Waals surface area (Å²) >= 11 is 0. The minimum Gasteiger partial charge on any atom is -0.355 e. The molecule has 0 fully saturated rings. The number of carbonyl (C=O) groups is 2. The van der Waals surface area contributed by atoms with E-state index in [2.05, 4.69) is 36.6 Å². The zero-order chi connectivity index (χ0) is 23.5. The Balaban J connectivity index is 3.33. The summed E-state index contributed by atoms with van der Waals surface area (Å²) in [6.45, 7) is 5.31. The van der Waals surface area contributed by atoms with Gasteiger partial charge < -0.3 is 10.6 Å². The molecule has 2 N–H and O–H groups in total. The maximum Gasteiger partial charge on any atom is 0.239 e. The number of hydrogen-bond donors (Lipinski definition) is 2. The Hall–Kier alpha value is -1.32. The van der Waals surface area contributed by atoms with E-state index in [1.54, 1.807) is 0 Å². The zero-order valence-electron chi connectivity index (χ0n) is 21.5. The van der Waals surface area contributed by atoms with Crippen molar-refractivity contribution in [2.45, 2.75) is 142 Å². The molecule has 0 aromatic rings. The second-order valence-corrected chi connectivity index (χ2v) is 9.23. The van der Waals surface area contributed by atoms with Gasteiger partial charge in [-0.05, 0) is 38.5 Å². The third-order valence-electron chi connectivity index (χ3n) is 5.96. The number of amides is 2. The van der Waals surface area contributed by atoms with Crippen molar-refractivity contribution in [2.75, 3.05) is 13.1 Å². The molecule has 4 heteroatoms. The van der Waals surface area contributed by atoms with E-state index in [1.807, 2.05) is 0 Å². The van der Waals surface area contributed by atoms with Gasteiger partial charge in [0, 0.05) is 13.0 Å². The van der Waals surface area contributed by atoms with Crippen molar-refractivity contribution in [1.29, 1.82) is 0 Å². The van der Waals surface area contributed by atoms with Crippen LogP contribution in [0.25, 0.3) is 0 Å². The maximum absolute atomic E-state index is 11.9. The van der Waals surface area contributed by atoms with Crippen LogP contribution in [0.4, 0.5) is 0 Å². The highest BCUT2D eigenvalue weighted by Gasteiger charge is 2.05. The van der Waals surface area contributed by atoms with E-state index >= 15 is 0 Å². The molecule has 4 nitrogen and oxygen atoms in total. The molecule has 0 saturated heterocycles. The summed E-state index contributed by atoms with van der Waals surface area (Å²) in [5.74, 6) is -0.0752. The minimum absolute atomic E-state index is 0.00246. The summed E-state index contributed by atoms with van der Waals surface area (Å²) in [6.07, 6.45) is 28.8. The van der Waals surface area contributed by atoms with Gasteiger partial charge in [0.25, 0.3) is 0 Å². The molecule has 2 amide bonds. The van der Waals surface area contributed by atoms with E-state index in [0.29, 0.717) is 6.42 Å². The molecule has 0 aromatic carbocycles. The molecule has 32 heavy (non-hydrogen) atoms. The first kappa shape index (κ1) is 30.7. The van der Waals surface area contributed by atoms with E-state index in [4.69, 9.17) is 0 Å². The van der Waals surface area contributed by atoms with Crippen molar-refractivity contribution in [3.63, 3.8) is 0 Å². The van der Waals surface area contributed by atoms with Crippen LogP contribution < -0.4 is 10.6 Å². The van der Waals surface area contributed by atoms with Gasteiger partial charge in [-0.25, -0.2) is 0 Å². The fraction of sp³-hybridized carbons (Fsp3) is 0.857. The van der Waals surface area contributed by atoms with Gasteiger partial charge in [-0.15, -0.1) is 0 Å². The summed E-state index contributed by atoms with van der Waals surface area (Å²) < 4.78 is 0. The topological polar surface area (TPSA) is 58.2 Å². The monoisotopic (exact) mass is 450 g/mol. The number of rotatable bonds is 24. The number of unbranched alkanes of at least 4 members (excludes halogenated alkanes) is 16. The molecule has 0 heterocycles. The quantitative estimate of drug-likeness (QED) is 0.117. The summed E-state index contributed by atoms with van der Waals surface area (Å²) in [6, 6.07) is 0. The Labute approximate surface area is 199 Å². The minimum atomic E-state index is -0.0727. The predicted octanol–water partition coefficient (Wildman–Crippen LogP) is 7.62. The van der Waals surface area contributed by atoms with Crippen molar-refractivity contribution in [3.05, 3.63) is 12.2 Å². The van der Waals surface area contributed by atoms with Gasteiger partial charge >= 0.3 is 0 Å². The van der Waals surface area contributed by atoms with Crippen molar-refractivity contribution in [2.24, 2.45) is 0 Å². The van der Waals surface area contributed by atoms with E-state index < -0.39 is 0 Å². The Morgan fingerprint density at radius 2 is 1.00 bits per heavy atom. The standard InChI is InChI=1S/C28H54N2O2/c1-3-5-7-9-11-12-13-14-15-16-17-18-19-20-22-24-27(31)30-26-28(32)29-25-23-21-10-8-6-4-2/h14-15H,3-13,16-26H2,1-2H3,(H,29,32)(H,30,31)/b15-14-. The highest BCUT2D eigenvalue weighted by molar-refractivity contribution is 5.84. The molecule has 0 unspecified atom stereocenters. The van der Waals surface area contributed by atoms with Gasteiger partial charge in [0.2, 0.25) is 11.8 Å². The van der Waals surface area contributed by atoms with Gasteiger partial charge in [-0.2, -0.15) is 0 Å². The van der Waals surface area contributed by atoms with Crippen LogP contribution in [0, 0.1) is 0 Å². The van der Waals surface area contributed by atoms with E-state index in [1.165, 1.54) is 103 Å². The molecule has 0 rings (SSSR count). The van der Waals surface area contributed by atoms with Crippen molar-refractivity contribution in [1.82, 2.24) is 10.6 Å². The van der Waals surface area contributed by atoms with Crippen LogP contribution in [0.5, 0.6) is 0 Å². The third-order valence-corrected chi connectivity index (χ3v) is 5.96. The Bertz CT molecular complexity index is 449. The first-order valence-corrected chi connectivity index (χ1v) is 13.9. The lowest BCUT2D eigenvalue weighted by atomic mass is 10.1. The lowest BCUT2D eigenvalue weighted by Gasteiger charge is -2.07. The predicted molar refractivity (Wildman–Crippen MR) is 139 cm³/mol. The van der Waals surface area contributed by atoms with Crippen molar-refractivity contribution < 1.29 is 9.59 Å². The second-order valence-electron chi connectivity index (χ2n) is 9.23. The summed E-state index contributed by atoms with van der Waals surface area (Å²) in [7, 11) is 0. The first-order chi connectivity index (χ1) is 15.7. The lowest BCUT2D eigenvalue weighted by Crippen LogP contribution is -2.37. The Morgan fingerprint density at radius 3 is 1.56 bits per heavy atom. The molecule has 0 bridgehead atoms. The van der Waals surface area contributed by atoms with Gasteiger partial charge in [0.1, 0.15) is 0 Å². The van der Waals surface area contributed by atoms with Crippen molar-refractivity contribution in [3.8, 4) is 0 Å². The highest BCUT2D eigenvalue weighted by atomic mass is 16.2. The lowest BCUT2D eigenvalue weighted by molar-refractivity contribution is -0.126.